The van der Waals surface area contributed by atoms with E-state index in [4.69, 9.17) is 4.74 Å². The van der Waals surface area contributed by atoms with Gasteiger partial charge in [0.25, 0.3) is 0 Å². The van der Waals surface area contributed by atoms with Crippen LogP contribution >= 0.6 is 0 Å². The summed E-state index contributed by atoms with van der Waals surface area (Å²) in [5.41, 5.74) is 0. The third kappa shape index (κ3) is 12.0. The molecule has 1 aliphatic heterocycles. The van der Waals surface area contributed by atoms with E-state index >= 15 is 0 Å². The van der Waals surface area contributed by atoms with Gasteiger partial charge >= 0.3 is 0 Å². The Balaban J connectivity index is 1.77. The molecule has 0 radical (unpaired) electrons. The van der Waals surface area contributed by atoms with Crippen LogP contribution < -0.4 is 0 Å². The lowest BCUT2D eigenvalue weighted by molar-refractivity contribution is 0.388. The van der Waals surface area contributed by atoms with Crippen molar-refractivity contribution in [1.82, 2.24) is 0 Å². The Bertz CT molecular complexity index is 271. The van der Waals surface area contributed by atoms with Gasteiger partial charge in [-0.2, -0.15) is 0 Å². The smallest absolute Gasteiger partial charge is 0.0810 e. The molecule has 0 aliphatic carbocycles. The van der Waals surface area contributed by atoms with Gasteiger partial charge in [0.15, 0.2) is 0 Å². The summed E-state index contributed by atoms with van der Waals surface area (Å²) >= 11 is 0. The molecule has 0 saturated carbocycles. The molecule has 19 heavy (non-hydrogen) atoms. The van der Waals surface area contributed by atoms with Gasteiger partial charge in [-0.1, -0.05) is 62.6 Å². The van der Waals surface area contributed by atoms with Crippen LogP contribution in [-0.4, -0.2) is 12.7 Å². The average Bonchev–Trinajstić information content (AvgIpc) is 3.23. The van der Waals surface area contributed by atoms with Gasteiger partial charge < -0.3 is 4.74 Å². The highest BCUT2D eigenvalue weighted by atomic mass is 16.6. The van der Waals surface area contributed by atoms with Gasteiger partial charge in [0, 0.05) is 0 Å². The maximum atomic E-state index is 5.20. The zero-order chi connectivity index (χ0) is 13.6. The fourth-order valence-corrected chi connectivity index (χ4v) is 2.05. The van der Waals surface area contributed by atoms with Crippen LogP contribution in [0.2, 0.25) is 0 Å². The molecule has 0 aromatic carbocycles. The standard InChI is InChI=1S/C18H30O/c1-2-3-4-5-6-7-8-9-10-11-12-13-14-15-16-18-17-19-18/h3-4,6-7,9-10,18H,2,5,8,11-17H2,1H3/b4-3-,7-6-,10-9-. The van der Waals surface area contributed by atoms with E-state index in [0.29, 0.717) is 6.10 Å². The third-order valence-electron chi connectivity index (χ3n) is 3.33. The molecular formula is C18H30O. The molecule has 1 heteroatoms. The summed E-state index contributed by atoms with van der Waals surface area (Å²) in [7, 11) is 0. The highest BCUT2D eigenvalue weighted by Gasteiger charge is 2.20. The zero-order valence-corrected chi connectivity index (χ0v) is 12.5. The highest BCUT2D eigenvalue weighted by molar-refractivity contribution is 4.96. The van der Waals surface area contributed by atoms with Crippen molar-refractivity contribution in [3.8, 4) is 0 Å². The Morgan fingerprint density at radius 3 is 2.16 bits per heavy atom. The molecule has 0 bridgehead atoms. The van der Waals surface area contributed by atoms with Crippen molar-refractivity contribution in [1.29, 1.82) is 0 Å². The van der Waals surface area contributed by atoms with Crippen molar-refractivity contribution >= 4 is 0 Å². The lowest BCUT2D eigenvalue weighted by atomic mass is 10.1. The minimum atomic E-state index is 0.624. The normalized spacial score (nSPS) is 19.1. The number of allylic oxidation sites excluding steroid dienone is 6. The first-order valence-electron chi connectivity index (χ1n) is 8.00. The molecule has 1 saturated heterocycles. The molecule has 1 atom stereocenters. The van der Waals surface area contributed by atoms with E-state index in [9.17, 15) is 0 Å². The molecule has 1 nitrogen and oxygen atoms in total. The first kappa shape index (κ1) is 16.2. The molecule has 1 aliphatic rings. The van der Waals surface area contributed by atoms with Crippen LogP contribution in [0.25, 0.3) is 0 Å². The van der Waals surface area contributed by atoms with E-state index < -0.39 is 0 Å². The Labute approximate surface area is 119 Å². The van der Waals surface area contributed by atoms with E-state index in [1.165, 1.54) is 38.5 Å². The van der Waals surface area contributed by atoms with Gasteiger partial charge in [-0.05, 0) is 38.5 Å². The molecule has 0 aromatic rings. The van der Waals surface area contributed by atoms with Crippen LogP contribution in [0.3, 0.4) is 0 Å². The summed E-state index contributed by atoms with van der Waals surface area (Å²) in [5, 5.41) is 0. The molecule has 108 valence electrons. The Kier molecular flexibility index (Phi) is 10.4. The molecule has 0 amide bonds. The molecule has 1 fully saturated rings. The number of rotatable bonds is 12. The van der Waals surface area contributed by atoms with E-state index in [1.807, 2.05) is 0 Å². The van der Waals surface area contributed by atoms with Crippen LogP contribution in [0.1, 0.15) is 64.7 Å². The van der Waals surface area contributed by atoms with E-state index in [2.05, 4.69) is 43.4 Å². The summed E-state index contributed by atoms with van der Waals surface area (Å²) in [6.45, 7) is 3.19. The maximum absolute atomic E-state index is 5.20. The maximum Gasteiger partial charge on any atom is 0.0810 e. The minimum Gasteiger partial charge on any atom is -0.373 e. The Morgan fingerprint density at radius 2 is 1.47 bits per heavy atom. The van der Waals surface area contributed by atoms with Gasteiger partial charge in [0.2, 0.25) is 0 Å². The average molecular weight is 262 g/mol. The molecule has 0 aromatic heterocycles. The fraction of sp³-hybridized carbons (Fsp3) is 0.667. The Morgan fingerprint density at radius 1 is 0.842 bits per heavy atom. The number of hydrogen-bond acceptors (Lipinski definition) is 1. The van der Waals surface area contributed by atoms with Crippen LogP contribution in [0, 0.1) is 0 Å². The van der Waals surface area contributed by atoms with Gasteiger partial charge in [-0.25, -0.2) is 0 Å². The summed E-state index contributed by atoms with van der Waals surface area (Å²) in [6.07, 6.45) is 25.4. The minimum absolute atomic E-state index is 0.624. The lowest BCUT2D eigenvalue weighted by Crippen LogP contribution is -1.85. The van der Waals surface area contributed by atoms with E-state index in [-0.39, 0.29) is 0 Å². The molecule has 1 unspecified atom stereocenters. The summed E-state index contributed by atoms with van der Waals surface area (Å²) in [5.74, 6) is 0. The summed E-state index contributed by atoms with van der Waals surface area (Å²) < 4.78 is 5.20. The summed E-state index contributed by atoms with van der Waals surface area (Å²) in [4.78, 5) is 0. The third-order valence-corrected chi connectivity index (χ3v) is 3.33. The largest absolute Gasteiger partial charge is 0.373 e. The van der Waals surface area contributed by atoms with Crippen molar-refractivity contribution in [2.75, 3.05) is 6.61 Å². The van der Waals surface area contributed by atoms with Gasteiger partial charge in [0.1, 0.15) is 0 Å². The topological polar surface area (TPSA) is 12.5 Å². The molecule has 0 N–H and O–H groups in total. The molecule has 1 heterocycles. The predicted molar refractivity (Wildman–Crippen MR) is 84.4 cm³/mol. The van der Waals surface area contributed by atoms with Crippen LogP contribution in [0.15, 0.2) is 36.5 Å². The van der Waals surface area contributed by atoms with Crippen LogP contribution in [0.5, 0.6) is 0 Å². The predicted octanol–water partition coefficient (Wildman–Crippen LogP) is 5.58. The second kappa shape index (κ2) is 12.2. The summed E-state index contributed by atoms with van der Waals surface area (Å²) in [6, 6.07) is 0. The second-order valence-corrected chi connectivity index (χ2v) is 5.24. The van der Waals surface area contributed by atoms with Gasteiger partial charge in [-0.3, -0.25) is 0 Å². The van der Waals surface area contributed by atoms with E-state index in [1.54, 1.807) is 0 Å². The quantitative estimate of drug-likeness (QED) is 0.254. The van der Waals surface area contributed by atoms with Crippen LogP contribution in [-0.2, 0) is 4.74 Å². The van der Waals surface area contributed by atoms with Crippen molar-refractivity contribution in [2.45, 2.75) is 70.8 Å². The van der Waals surface area contributed by atoms with Crippen molar-refractivity contribution in [2.24, 2.45) is 0 Å². The lowest BCUT2D eigenvalue weighted by Gasteiger charge is -1.97. The second-order valence-electron chi connectivity index (χ2n) is 5.24. The molecular weight excluding hydrogens is 232 g/mol. The first-order chi connectivity index (χ1) is 9.43. The number of epoxide rings is 1. The van der Waals surface area contributed by atoms with Gasteiger partial charge in [0.05, 0.1) is 12.7 Å². The monoisotopic (exact) mass is 262 g/mol. The number of ether oxygens (including phenoxy) is 1. The zero-order valence-electron chi connectivity index (χ0n) is 12.5. The highest BCUT2D eigenvalue weighted by Crippen LogP contribution is 2.17. The van der Waals surface area contributed by atoms with Crippen LogP contribution in [0.4, 0.5) is 0 Å². The van der Waals surface area contributed by atoms with Crippen molar-refractivity contribution in [3.05, 3.63) is 36.5 Å². The molecule has 0 spiro atoms. The van der Waals surface area contributed by atoms with Crippen molar-refractivity contribution in [3.63, 3.8) is 0 Å². The molecule has 1 rings (SSSR count). The van der Waals surface area contributed by atoms with Crippen molar-refractivity contribution < 1.29 is 4.74 Å². The number of hydrogen-bond donors (Lipinski definition) is 0. The SMILES string of the molecule is CC/C=C\C/C=C\C/C=C\CCCCCCC1CO1. The number of unbranched alkanes of at least 4 members (excludes halogenated alkanes) is 4. The van der Waals surface area contributed by atoms with Gasteiger partial charge in [-0.15, -0.1) is 0 Å². The first-order valence-corrected chi connectivity index (χ1v) is 8.00. The fourth-order valence-electron chi connectivity index (χ4n) is 2.05. The Hall–Kier alpha value is -0.820. The van der Waals surface area contributed by atoms with E-state index in [0.717, 1.165) is 25.9 Å².